The molecule has 0 unspecified atom stereocenters. The molecule has 0 fully saturated rings. The first kappa shape index (κ1) is 11.9. The van der Waals surface area contributed by atoms with Gasteiger partial charge in [0.25, 0.3) is 0 Å². The van der Waals surface area contributed by atoms with E-state index in [9.17, 15) is 4.79 Å². The standard InChI is InChI=1S/C9H7Cl2N3O/c10-6-1-2-7(8(11)5-6)9(15)3-4-13-14-12/h1-2,5H,3-4H2. The summed E-state index contributed by atoms with van der Waals surface area (Å²) in [6.07, 6.45) is 0.144. The third-order valence-corrected chi connectivity index (χ3v) is 2.28. The van der Waals surface area contributed by atoms with E-state index >= 15 is 0 Å². The van der Waals surface area contributed by atoms with Crippen molar-refractivity contribution < 1.29 is 4.79 Å². The van der Waals surface area contributed by atoms with Crippen LogP contribution in [0.2, 0.25) is 10.0 Å². The number of rotatable bonds is 4. The number of carbonyl (C=O) groups excluding carboxylic acids is 1. The van der Waals surface area contributed by atoms with E-state index in [0.29, 0.717) is 15.6 Å². The summed E-state index contributed by atoms with van der Waals surface area (Å²) in [5.41, 5.74) is 8.44. The lowest BCUT2D eigenvalue weighted by molar-refractivity contribution is 0.0985. The largest absolute Gasteiger partial charge is 0.294 e. The molecule has 0 saturated carbocycles. The molecular weight excluding hydrogens is 237 g/mol. The van der Waals surface area contributed by atoms with Crippen LogP contribution in [0.4, 0.5) is 0 Å². The van der Waals surface area contributed by atoms with Gasteiger partial charge in [-0.2, -0.15) is 0 Å². The van der Waals surface area contributed by atoms with Crippen molar-refractivity contribution in [1.82, 2.24) is 0 Å². The third kappa shape index (κ3) is 3.44. The Morgan fingerprint density at radius 1 is 1.47 bits per heavy atom. The van der Waals surface area contributed by atoms with Crippen LogP contribution in [0.15, 0.2) is 23.3 Å². The topological polar surface area (TPSA) is 65.8 Å². The first-order valence-corrected chi connectivity index (χ1v) is 4.90. The van der Waals surface area contributed by atoms with Crippen molar-refractivity contribution in [2.24, 2.45) is 5.11 Å². The fourth-order valence-corrected chi connectivity index (χ4v) is 1.56. The summed E-state index contributed by atoms with van der Waals surface area (Å²) in [6.45, 7) is 0.133. The minimum atomic E-state index is -0.163. The Balaban J connectivity index is 2.77. The molecule has 0 aliphatic rings. The number of nitrogens with zero attached hydrogens (tertiary/aromatic N) is 3. The molecule has 0 aliphatic carbocycles. The van der Waals surface area contributed by atoms with Gasteiger partial charge in [-0.15, -0.1) is 0 Å². The van der Waals surface area contributed by atoms with E-state index in [0.717, 1.165) is 0 Å². The molecule has 1 rings (SSSR count). The molecule has 0 atom stereocenters. The molecule has 1 aromatic rings. The van der Waals surface area contributed by atoms with Gasteiger partial charge in [-0.3, -0.25) is 4.79 Å². The van der Waals surface area contributed by atoms with Crippen LogP contribution in [0.25, 0.3) is 10.4 Å². The number of benzene rings is 1. The Bertz CT molecular complexity index is 427. The highest BCUT2D eigenvalue weighted by Crippen LogP contribution is 2.22. The van der Waals surface area contributed by atoms with Gasteiger partial charge in [-0.1, -0.05) is 28.3 Å². The summed E-state index contributed by atoms with van der Waals surface area (Å²) in [4.78, 5) is 14.1. The fourth-order valence-electron chi connectivity index (χ4n) is 1.05. The maximum Gasteiger partial charge on any atom is 0.164 e. The van der Waals surface area contributed by atoms with Crippen molar-refractivity contribution in [3.63, 3.8) is 0 Å². The van der Waals surface area contributed by atoms with E-state index in [2.05, 4.69) is 10.0 Å². The van der Waals surface area contributed by atoms with Gasteiger partial charge in [-0.25, -0.2) is 0 Å². The Labute approximate surface area is 96.4 Å². The van der Waals surface area contributed by atoms with Gasteiger partial charge in [0, 0.05) is 28.5 Å². The lowest BCUT2D eigenvalue weighted by Gasteiger charge is -2.01. The Morgan fingerprint density at radius 3 is 2.80 bits per heavy atom. The zero-order chi connectivity index (χ0) is 11.3. The Kier molecular flexibility index (Phi) is 4.43. The number of halogens is 2. The highest BCUT2D eigenvalue weighted by Gasteiger charge is 2.09. The van der Waals surface area contributed by atoms with Crippen molar-refractivity contribution in [2.75, 3.05) is 6.54 Å². The maximum absolute atomic E-state index is 11.5. The van der Waals surface area contributed by atoms with Crippen molar-refractivity contribution in [3.05, 3.63) is 44.3 Å². The summed E-state index contributed by atoms with van der Waals surface area (Å²) < 4.78 is 0. The van der Waals surface area contributed by atoms with Crippen LogP contribution in [0.1, 0.15) is 16.8 Å². The molecule has 0 N–H and O–H groups in total. The van der Waals surface area contributed by atoms with Gasteiger partial charge < -0.3 is 0 Å². The van der Waals surface area contributed by atoms with Crippen LogP contribution in [0, 0.1) is 0 Å². The van der Waals surface area contributed by atoms with E-state index in [4.69, 9.17) is 28.7 Å². The number of hydrogen-bond acceptors (Lipinski definition) is 2. The molecule has 0 heterocycles. The van der Waals surface area contributed by atoms with E-state index < -0.39 is 0 Å². The molecular formula is C9H7Cl2N3O. The normalized spacial score (nSPS) is 9.47. The summed E-state index contributed by atoms with van der Waals surface area (Å²) in [6, 6.07) is 4.65. The molecule has 0 amide bonds. The van der Waals surface area contributed by atoms with Crippen LogP contribution in [0.5, 0.6) is 0 Å². The molecule has 6 heteroatoms. The average molecular weight is 244 g/mol. The number of carbonyl (C=O) groups is 1. The third-order valence-electron chi connectivity index (χ3n) is 1.73. The highest BCUT2D eigenvalue weighted by atomic mass is 35.5. The molecule has 0 aliphatic heterocycles. The summed E-state index contributed by atoms with van der Waals surface area (Å²) in [5, 5.41) is 4.07. The zero-order valence-electron chi connectivity index (χ0n) is 7.65. The van der Waals surface area contributed by atoms with Gasteiger partial charge in [0.2, 0.25) is 0 Å². The summed E-state index contributed by atoms with van der Waals surface area (Å²) >= 11 is 11.5. The smallest absolute Gasteiger partial charge is 0.164 e. The highest BCUT2D eigenvalue weighted by molar-refractivity contribution is 6.36. The number of azide groups is 1. The second kappa shape index (κ2) is 5.61. The predicted octanol–water partition coefficient (Wildman–Crippen LogP) is 3.88. The van der Waals surface area contributed by atoms with Gasteiger partial charge in [0.05, 0.1) is 5.02 Å². The van der Waals surface area contributed by atoms with E-state index in [1.54, 1.807) is 12.1 Å². The van der Waals surface area contributed by atoms with Crippen LogP contribution in [0.3, 0.4) is 0 Å². The van der Waals surface area contributed by atoms with Crippen molar-refractivity contribution in [3.8, 4) is 0 Å². The van der Waals surface area contributed by atoms with Crippen LogP contribution in [-0.2, 0) is 0 Å². The first-order valence-electron chi connectivity index (χ1n) is 4.14. The lowest BCUT2D eigenvalue weighted by atomic mass is 10.1. The van der Waals surface area contributed by atoms with Gasteiger partial charge >= 0.3 is 0 Å². The summed E-state index contributed by atoms with van der Waals surface area (Å²) in [7, 11) is 0. The Hall–Kier alpha value is -1.22. The van der Waals surface area contributed by atoms with Crippen LogP contribution < -0.4 is 0 Å². The second-order valence-electron chi connectivity index (χ2n) is 2.75. The quantitative estimate of drug-likeness (QED) is 0.343. The number of ketones is 1. The molecule has 15 heavy (non-hydrogen) atoms. The van der Waals surface area contributed by atoms with Gasteiger partial charge in [0.15, 0.2) is 5.78 Å². The Morgan fingerprint density at radius 2 is 2.20 bits per heavy atom. The number of hydrogen-bond donors (Lipinski definition) is 0. The number of Topliss-reactive ketones (excluding diaryl/α,β-unsaturated/α-hetero) is 1. The van der Waals surface area contributed by atoms with Crippen molar-refractivity contribution >= 4 is 29.0 Å². The van der Waals surface area contributed by atoms with Gasteiger partial charge in [0.1, 0.15) is 0 Å². The molecule has 78 valence electrons. The van der Waals surface area contributed by atoms with E-state index in [1.165, 1.54) is 6.07 Å². The molecule has 0 radical (unpaired) electrons. The average Bonchev–Trinajstić information content (AvgIpc) is 2.17. The zero-order valence-corrected chi connectivity index (χ0v) is 9.16. The molecule has 0 saturated heterocycles. The van der Waals surface area contributed by atoms with Gasteiger partial charge in [-0.05, 0) is 23.7 Å². The molecule has 1 aromatic carbocycles. The predicted molar refractivity (Wildman–Crippen MR) is 59.4 cm³/mol. The van der Waals surface area contributed by atoms with E-state index in [-0.39, 0.29) is 18.7 Å². The van der Waals surface area contributed by atoms with Crippen molar-refractivity contribution in [1.29, 1.82) is 0 Å². The fraction of sp³-hybridized carbons (Fsp3) is 0.222. The lowest BCUT2D eigenvalue weighted by Crippen LogP contribution is -2.01. The second-order valence-corrected chi connectivity index (χ2v) is 3.60. The molecule has 0 spiro atoms. The monoisotopic (exact) mass is 243 g/mol. The minimum Gasteiger partial charge on any atom is -0.294 e. The first-order chi connectivity index (χ1) is 7.15. The maximum atomic E-state index is 11.5. The SMILES string of the molecule is [N-]=[N+]=NCCC(=O)c1ccc(Cl)cc1Cl. The van der Waals surface area contributed by atoms with Crippen LogP contribution in [-0.4, -0.2) is 12.3 Å². The van der Waals surface area contributed by atoms with Crippen molar-refractivity contribution in [2.45, 2.75) is 6.42 Å². The summed E-state index contributed by atoms with van der Waals surface area (Å²) in [5.74, 6) is -0.163. The molecule has 4 nitrogen and oxygen atoms in total. The minimum absolute atomic E-state index is 0.133. The van der Waals surface area contributed by atoms with Crippen LogP contribution >= 0.6 is 23.2 Å². The molecule has 0 aromatic heterocycles. The molecule has 0 bridgehead atoms. The van der Waals surface area contributed by atoms with E-state index in [1.807, 2.05) is 0 Å².